The third kappa shape index (κ3) is 2.89. The van der Waals surface area contributed by atoms with Crippen LogP contribution in [0.2, 0.25) is 0 Å². The number of rotatable bonds is 6. The molecule has 1 aliphatic heterocycles. The van der Waals surface area contributed by atoms with Gasteiger partial charge in [0.05, 0.1) is 17.2 Å². The van der Waals surface area contributed by atoms with Gasteiger partial charge in [0, 0.05) is 19.6 Å². The number of ether oxygens (including phenoxy) is 1. The molecule has 1 heterocycles. The van der Waals surface area contributed by atoms with E-state index in [0.717, 1.165) is 37.7 Å². The molecule has 2 aliphatic rings. The fourth-order valence-electron chi connectivity index (χ4n) is 2.15. The molecule has 4 heteroatoms. The Morgan fingerprint density at radius 3 is 2.87 bits per heavy atom. The van der Waals surface area contributed by atoms with E-state index in [2.05, 4.69) is 10.2 Å². The third-order valence-electron chi connectivity index (χ3n) is 3.25. The van der Waals surface area contributed by atoms with Crippen LogP contribution in [0.15, 0.2) is 0 Å². The van der Waals surface area contributed by atoms with Gasteiger partial charge in [0.25, 0.3) is 0 Å². The Bertz CT molecular complexity index is 241. The first-order valence-corrected chi connectivity index (χ1v) is 6.23. The summed E-state index contributed by atoms with van der Waals surface area (Å²) < 4.78 is 5.93. The van der Waals surface area contributed by atoms with Gasteiger partial charge < -0.3 is 15.0 Å². The Morgan fingerprint density at radius 1 is 1.53 bits per heavy atom. The highest BCUT2D eigenvalue weighted by Crippen LogP contribution is 2.38. The van der Waals surface area contributed by atoms with Gasteiger partial charge in [0.2, 0.25) is 0 Å². The van der Waals surface area contributed by atoms with E-state index in [0.29, 0.717) is 0 Å². The van der Waals surface area contributed by atoms with Crippen molar-refractivity contribution in [1.82, 2.24) is 10.2 Å². The van der Waals surface area contributed by atoms with Crippen LogP contribution < -0.4 is 5.32 Å². The smallest absolute Gasteiger partial charge is 0.0809 e. The van der Waals surface area contributed by atoms with Gasteiger partial charge in [-0.3, -0.25) is 0 Å². The maximum Gasteiger partial charge on any atom is 0.0809 e. The van der Waals surface area contributed by atoms with Crippen LogP contribution >= 0.6 is 12.2 Å². The summed E-state index contributed by atoms with van der Waals surface area (Å²) in [5, 5.41) is 3.19. The molecule has 0 radical (unpaired) electrons. The molecule has 0 amide bonds. The molecule has 1 saturated carbocycles. The van der Waals surface area contributed by atoms with Gasteiger partial charge in [0.1, 0.15) is 0 Å². The second-order valence-corrected chi connectivity index (χ2v) is 5.02. The highest BCUT2D eigenvalue weighted by Gasteiger charge is 2.43. The van der Waals surface area contributed by atoms with Crippen molar-refractivity contribution in [3.05, 3.63) is 0 Å². The van der Waals surface area contributed by atoms with Crippen LogP contribution in [-0.2, 0) is 4.74 Å². The van der Waals surface area contributed by atoms with Gasteiger partial charge >= 0.3 is 0 Å². The monoisotopic (exact) mass is 228 g/mol. The zero-order valence-corrected chi connectivity index (χ0v) is 10.2. The molecular weight excluding hydrogens is 208 g/mol. The minimum atomic E-state index is 0.163. The lowest BCUT2D eigenvalue weighted by Gasteiger charge is -2.21. The number of likely N-dealkylation sites (N-methyl/N-ethyl adjacent to an activating group) is 1. The minimum absolute atomic E-state index is 0.163. The van der Waals surface area contributed by atoms with E-state index in [-0.39, 0.29) is 5.60 Å². The lowest BCUT2D eigenvalue weighted by Crippen LogP contribution is -2.33. The van der Waals surface area contributed by atoms with Crippen LogP contribution in [-0.4, -0.2) is 48.8 Å². The Balaban J connectivity index is 1.64. The number of nitrogens with one attached hydrogen (secondary N) is 1. The van der Waals surface area contributed by atoms with Gasteiger partial charge in [-0.25, -0.2) is 0 Å². The van der Waals surface area contributed by atoms with Crippen molar-refractivity contribution in [2.45, 2.75) is 31.3 Å². The van der Waals surface area contributed by atoms with E-state index in [1.54, 1.807) is 0 Å². The summed E-state index contributed by atoms with van der Waals surface area (Å²) in [6.45, 7) is 3.91. The third-order valence-corrected chi connectivity index (χ3v) is 3.71. The Labute approximate surface area is 97.2 Å². The Morgan fingerprint density at radius 2 is 2.33 bits per heavy atom. The molecule has 0 aromatic carbocycles. The Hall–Kier alpha value is -0.190. The van der Waals surface area contributed by atoms with Crippen molar-refractivity contribution in [3.8, 4) is 0 Å². The van der Waals surface area contributed by atoms with E-state index in [1.165, 1.54) is 19.3 Å². The van der Waals surface area contributed by atoms with Crippen LogP contribution in [0.4, 0.5) is 0 Å². The molecule has 3 nitrogen and oxygen atoms in total. The van der Waals surface area contributed by atoms with E-state index >= 15 is 0 Å². The second-order valence-electron chi connectivity index (χ2n) is 4.55. The summed E-state index contributed by atoms with van der Waals surface area (Å²) in [4.78, 5) is 3.40. The molecule has 0 atom stereocenters. The van der Waals surface area contributed by atoms with Gasteiger partial charge in [-0.2, -0.15) is 0 Å². The van der Waals surface area contributed by atoms with Gasteiger partial charge in [0.15, 0.2) is 0 Å². The summed E-state index contributed by atoms with van der Waals surface area (Å²) in [7, 11) is 1.99. The largest absolute Gasteiger partial charge is 0.372 e. The molecule has 15 heavy (non-hydrogen) atoms. The zero-order valence-electron chi connectivity index (χ0n) is 9.42. The van der Waals surface area contributed by atoms with Crippen LogP contribution in [0.25, 0.3) is 0 Å². The van der Waals surface area contributed by atoms with E-state index in [1.807, 2.05) is 7.05 Å². The summed E-state index contributed by atoms with van der Waals surface area (Å²) in [6, 6.07) is 0. The van der Waals surface area contributed by atoms with Crippen LogP contribution in [0.1, 0.15) is 25.7 Å². The quantitative estimate of drug-likeness (QED) is 0.690. The average Bonchev–Trinajstić information content (AvgIpc) is 2.85. The molecule has 2 rings (SSSR count). The molecule has 1 N–H and O–H groups in total. The lowest BCUT2D eigenvalue weighted by atomic mass is 10.3. The van der Waals surface area contributed by atoms with Crippen molar-refractivity contribution < 1.29 is 4.74 Å². The normalized spacial score (nSPS) is 23.5. The number of hydrogen-bond donors (Lipinski definition) is 1. The topological polar surface area (TPSA) is 24.5 Å². The maximum atomic E-state index is 5.93. The molecule has 0 aromatic heterocycles. The number of thiocarbonyl (C=S) groups is 1. The van der Waals surface area contributed by atoms with Crippen molar-refractivity contribution in [2.75, 3.05) is 33.3 Å². The fourth-order valence-corrected chi connectivity index (χ4v) is 2.47. The first-order valence-electron chi connectivity index (χ1n) is 5.82. The van der Waals surface area contributed by atoms with Crippen molar-refractivity contribution >= 4 is 17.2 Å². The first kappa shape index (κ1) is 11.3. The summed E-state index contributed by atoms with van der Waals surface area (Å²) >= 11 is 5.27. The standard InChI is InChI=1S/C11H20N2OS/c1-12-9-11(4-5-11)14-8-7-13-6-2-3-10(13)15/h12H,2-9H2,1H3. The van der Waals surface area contributed by atoms with E-state index in [9.17, 15) is 0 Å². The number of likely N-dealkylation sites (tertiary alicyclic amines) is 1. The average molecular weight is 228 g/mol. The molecule has 0 unspecified atom stereocenters. The van der Waals surface area contributed by atoms with E-state index < -0.39 is 0 Å². The Kier molecular flexibility index (Phi) is 3.59. The number of nitrogens with zero attached hydrogens (tertiary/aromatic N) is 1. The van der Waals surface area contributed by atoms with Gasteiger partial charge in [-0.1, -0.05) is 12.2 Å². The molecule has 0 spiro atoms. The fraction of sp³-hybridized carbons (Fsp3) is 0.909. The molecule has 0 aromatic rings. The predicted octanol–water partition coefficient (Wildman–Crippen LogP) is 1.18. The molecule has 1 saturated heterocycles. The molecular formula is C11H20N2OS. The zero-order chi connectivity index (χ0) is 10.7. The SMILES string of the molecule is CNCC1(OCCN2CCCC2=S)CC1. The molecule has 0 bridgehead atoms. The number of hydrogen-bond acceptors (Lipinski definition) is 3. The van der Waals surface area contributed by atoms with Gasteiger partial charge in [-0.05, 0) is 32.7 Å². The first-order chi connectivity index (χ1) is 7.26. The molecule has 1 aliphatic carbocycles. The van der Waals surface area contributed by atoms with Crippen LogP contribution in [0.3, 0.4) is 0 Å². The summed E-state index contributed by atoms with van der Waals surface area (Å²) in [5.41, 5.74) is 0.163. The minimum Gasteiger partial charge on any atom is -0.372 e. The second kappa shape index (κ2) is 4.76. The molecule has 2 fully saturated rings. The highest BCUT2D eigenvalue weighted by atomic mass is 32.1. The summed E-state index contributed by atoms with van der Waals surface area (Å²) in [5.74, 6) is 0. The summed E-state index contributed by atoms with van der Waals surface area (Å²) in [6.07, 6.45) is 4.73. The van der Waals surface area contributed by atoms with Gasteiger partial charge in [-0.15, -0.1) is 0 Å². The van der Waals surface area contributed by atoms with Crippen molar-refractivity contribution in [3.63, 3.8) is 0 Å². The van der Waals surface area contributed by atoms with Crippen LogP contribution in [0.5, 0.6) is 0 Å². The van der Waals surface area contributed by atoms with Crippen LogP contribution in [0, 0.1) is 0 Å². The maximum absolute atomic E-state index is 5.93. The predicted molar refractivity (Wildman–Crippen MR) is 65.2 cm³/mol. The van der Waals surface area contributed by atoms with Crippen molar-refractivity contribution in [2.24, 2.45) is 0 Å². The lowest BCUT2D eigenvalue weighted by molar-refractivity contribution is 0.0290. The molecule has 86 valence electrons. The highest BCUT2D eigenvalue weighted by molar-refractivity contribution is 7.80. The van der Waals surface area contributed by atoms with Crippen molar-refractivity contribution in [1.29, 1.82) is 0 Å². The van der Waals surface area contributed by atoms with E-state index in [4.69, 9.17) is 17.0 Å².